The number of fused-ring (bicyclic) bond motifs is 1. The monoisotopic (exact) mass is 446 g/mol. The molecular formula is C27H30N2O4. The first-order valence-electron chi connectivity index (χ1n) is 11.3. The van der Waals surface area contributed by atoms with Crippen LogP contribution in [0.25, 0.3) is 0 Å². The van der Waals surface area contributed by atoms with Crippen molar-refractivity contribution in [2.45, 2.75) is 52.3 Å². The Kier molecular flexibility index (Phi) is 6.54. The van der Waals surface area contributed by atoms with Crippen molar-refractivity contribution >= 4 is 11.8 Å². The van der Waals surface area contributed by atoms with Crippen molar-refractivity contribution in [2.75, 3.05) is 6.54 Å². The molecule has 2 aromatic carbocycles. The van der Waals surface area contributed by atoms with Gasteiger partial charge in [0.05, 0.1) is 12.3 Å². The minimum Gasteiger partial charge on any atom is -0.481 e. The van der Waals surface area contributed by atoms with Crippen LogP contribution in [0.3, 0.4) is 0 Å². The Hall–Kier alpha value is -3.54. The number of carbonyl (C=O) groups excluding carboxylic acids is 2. The number of rotatable bonds is 6. The predicted molar refractivity (Wildman–Crippen MR) is 126 cm³/mol. The van der Waals surface area contributed by atoms with Gasteiger partial charge in [-0.05, 0) is 75.1 Å². The van der Waals surface area contributed by atoms with E-state index in [0.717, 1.165) is 28.7 Å². The number of aryl methyl sites for hydroxylation is 1. The van der Waals surface area contributed by atoms with Gasteiger partial charge in [0.25, 0.3) is 11.8 Å². The SMILES string of the molecule is Cc1cccc([C@@H]2c3cc(O[C@H](C)C(=O)NC(C)C)ccc3CCN2C(=O)c2ccco2)c1. The average Bonchev–Trinajstić information content (AvgIpc) is 3.32. The topological polar surface area (TPSA) is 71.8 Å². The zero-order valence-electron chi connectivity index (χ0n) is 19.5. The van der Waals surface area contributed by atoms with Gasteiger partial charge < -0.3 is 19.4 Å². The van der Waals surface area contributed by atoms with Crippen molar-refractivity contribution in [3.05, 3.63) is 88.9 Å². The second-order valence-electron chi connectivity index (χ2n) is 8.83. The zero-order valence-corrected chi connectivity index (χ0v) is 19.5. The van der Waals surface area contributed by atoms with Crippen LogP contribution in [0.2, 0.25) is 0 Å². The number of hydrogen-bond acceptors (Lipinski definition) is 4. The molecule has 1 aromatic heterocycles. The lowest BCUT2D eigenvalue weighted by Crippen LogP contribution is -2.41. The van der Waals surface area contributed by atoms with Crippen molar-refractivity contribution < 1.29 is 18.7 Å². The quantitative estimate of drug-likeness (QED) is 0.597. The number of hydrogen-bond donors (Lipinski definition) is 1. The molecule has 172 valence electrons. The van der Waals surface area contributed by atoms with Crippen molar-refractivity contribution in [2.24, 2.45) is 0 Å². The van der Waals surface area contributed by atoms with Gasteiger partial charge in [-0.2, -0.15) is 0 Å². The number of amides is 2. The molecule has 1 N–H and O–H groups in total. The van der Waals surface area contributed by atoms with E-state index in [0.29, 0.717) is 18.1 Å². The molecule has 0 saturated carbocycles. The minimum atomic E-state index is -0.632. The van der Waals surface area contributed by atoms with Crippen LogP contribution in [0.4, 0.5) is 0 Å². The van der Waals surface area contributed by atoms with E-state index in [1.165, 1.54) is 6.26 Å². The van der Waals surface area contributed by atoms with Crippen LogP contribution in [0.1, 0.15) is 59.6 Å². The standard InChI is InChI=1S/C27H30N2O4/c1-17(2)28-26(30)19(4)33-22-11-10-20-12-13-29(27(31)24-9-6-14-32-24)25(23(20)16-22)21-8-5-7-18(3)15-21/h5-11,14-17,19,25H,12-13H2,1-4H3,(H,28,30)/t19-,25-/m1/s1. The summed E-state index contributed by atoms with van der Waals surface area (Å²) in [5, 5.41) is 2.88. The molecule has 1 aliphatic rings. The lowest BCUT2D eigenvalue weighted by atomic mass is 9.87. The molecule has 0 aliphatic carbocycles. The van der Waals surface area contributed by atoms with E-state index in [4.69, 9.17) is 9.15 Å². The fraction of sp³-hybridized carbons (Fsp3) is 0.333. The third-order valence-corrected chi connectivity index (χ3v) is 5.81. The molecule has 0 bridgehead atoms. The molecule has 3 aromatic rings. The zero-order chi connectivity index (χ0) is 23.5. The van der Waals surface area contributed by atoms with Crippen molar-refractivity contribution in [1.82, 2.24) is 10.2 Å². The van der Waals surface area contributed by atoms with Crippen molar-refractivity contribution in [3.8, 4) is 5.75 Å². The van der Waals surface area contributed by atoms with Crippen molar-refractivity contribution in [1.29, 1.82) is 0 Å². The second kappa shape index (κ2) is 9.53. The van der Waals surface area contributed by atoms with Crippen LogP contribution in [-0.2, 0) is 11.2 Å². The highest BCUT2D eigenvalue weighted by atomic mass is 16.5. The van der Waals surface area contributed by atoms with Gasteiger partial charge in [0.1, 0.15) is 5.75 Å². The first kappa shape index (κ1) is 22.6. The van der Waals surface area contributed by atoms with Gasteiger partial charge in [-0.3, -0.25) is 9.59 Å². The fourth-order valence-electron chi connectivity index (χ4n) is 4.29. The Morgan fingerprint density at radius 1 is 1.09 bits per heavy atom. The molecule has 2 atom stereocenters. The summed E-state index contributed by atoms with van der Waals surface area (Å²) in [4.78, 5) is 27.5. The second-order valence-corrected chi connectivity index (χ2v) is 8.83. The fourth-order valence-corrected chi connectivity index (χ4v) is 4.29. The van der Waals surface area contributed by atoms with Gasteiger partial charge in [-0.15, -0.1) is 0 Å². The van der Waals surface area contributed by atoms with Crippen LogP contribution >= 0.6 is 0 Å². The molecule has 2 heterocycles. The van der Waals surface area contributed by atoms with Gasteiger partial charge >= 0.3 is 0 Å². The maximum Gasteiger partial charge on any atom is 0.290 e. The van der Waals surface area contributed by atoms with E-state index >= 15 is 0 Å². The number of furan rings is 1. The molecule has 0 radical (unpaired) electrons. The van der Waals surface area contributed by atoms with E-state index in [9.17, 15) is 9.59 Å². The van der Waals surface area contributed by atoms with Crippen LogP contribution in [0.15, 0.2) is 65.3 Å². The van der Waals surface area contributed by atoms with E-state index in [-0.39, 0.29) is 23.9 Å². The lowest BCUT2D eigenvalue weighted by molar-refractivity contribution is -0.127. The van der Waals surface area contributed by atoms with Gasteiger partial charge in [0, 0.05) is 12.6 Å². The number of ether oxygens (including phenoxy) is 1. The number of nitrogens with zero attached hydrogens (tertiary/aromatic N) is 1. The molecule has 0 fully saturated rings. The summed E-state index contributed by atoms with van der Waals surface area (Å²) in [5.41, 5.74) is 4.31. The number of benzene rings is 2. The smallest absolute Gasteiger partial charge is 0.290 e. The number of nitrogens with one attached hydrogen (secondary N) is 1. The molecule has 4 rings (SSSR count). The summed E-state index contributed by atoms with van der Waals surface area (Å²) in [7, 11) is 0. The van der Waals surface area contributed by atoms with E-state index in [2.05, 4.69) is 11.4 Å². The number of carbonyl (C=O) groups is 2. The Morgan fingerprint density at radius 3 is 2.61 bits per heavy atom. The first-order valence-corrected chi connectivity index (χ1v) is 11.3. The van der Waals surface area contributed by atoms with Crippen LogP contribution in [-0.4, -0.2) is 35.4 Å². The summed E-state index contributed by atoms with van der Waals surface area (Å²) in [6.07, 6.45) is 1.61. The third-order valence-electron chi connectivity index (χ3n) is 5.81. The molecule has 6 nitrogen and oxygen atoms in total. The molecule has 2 amide bonds. The average molecular weight is 447 g/mol. The summed E-state index contributed by atoms with van der Waals surface area (Å²) in [5.74, 6) is 0.619. The highest BCUT2D eigenvalue weighted by molar-refractivity contribution is 5.92. The molecule has 0 spiro atoms. The van der Waals surface area contributed by atoms with Gasteiger partial charge in [0.15, 0.2) is 11.9 Å². The van der Waals surface area contributed by atoms with E-state index in [1.54, 1.807) is 19.1 Å². The highest BCUT2D eigenvalue weighted by Gasteiger charge is 2.34. The third kappa shape index (κ3) is 4.95. The largest absolute Gasteiger partial charge is 0.481 e. The van der Waals surface area contributed by atoms with Gasteiger partial charge in [0.2, 0.25) is 0 Å². The van der Waals surface area contributed by atoms with Gasteiger partial charge in [-0.25, -0.2) is 0 Å². The predicted octanol–water partition coefficient (Wildman–Crippen LogP) is 4.67. The summed E-state index contributed by atoms with van der Waals surface area (Å²) in [6, 6.07) is 17.3. The Labute approximate surface area is 194 Å². The summed E-state index contributed by atoms with van der Waals surface area (Å²) >= 11 is 0. The van der Waals surface area contributed by atoms with E-state index < -0.39 is 6.10 Å². The maximum atomic E-state index is 13.3. The van der Waals surface area contributed by atoms with Crippen LogP contribution in [0.5, 0.6) is 5.75 Å². The molecule has 33 heavy (non-hydrogen) atoms. The molecule has 1 aliphatic heterocycles. The van der Waals surface area contributed by atoms with Crippen molar-refractivity contribution in [3.63, 3.8) is 0 Å². The van der Waals surface area contributed by atoms with Crippen LogP contribution in [0, 0.1) is 6.92 Å². The first-order chi connectivity index (χ1) is 15.8. The Morgan fingerprint density at radius 2 is 1.91 bits per heavy atom. The Bertz CT molecular complexity index is 1140. The molecular weight excluding hydrogens is 416 g/mol. The Balaban J connectivity index is 1.71. The minimum absolute atomic E-state index is 0.0407. The van der Waals surface area contributed by atoms with Gasteiger partial charge in [-0.1, -0.05) is 35.9 Å². The van der Waals surface area contributed by atoms with Crippen LogP contribution < -0.4 is 10.1 Å². The summed E-state index contributed by atoms with van der Waals surface area (Å²) < 4.78 is 11.4. The molecule has 0 unspecified atom stereocenters. The summed E-state index contributed by atoms with van der Waals surface area (Å²) in [6.45, 7) is 8.20. The molecule has 6 heteroatoms. The highest BCUT2D eigenvalue weighted by Crippen LogP contribution is 2.38. The molecule has 0 saturated heterocycles. The normalized spacial score (nSPS) is 16.3. The maximum absolute atomic E-state index is 13.3. The lowest BCUT2D eigenvalue weighted by Gasteiger charge is -2.37. The van der Waals surface area contributed by atoms with E-state index in [1.807, 2.05) is 62.1 Å².